The normalized spacial score (nSPS) is 21.8. The van der Waals surface area contributed by atoms with Crippen molar-refractivity contribution in [2.45, 2.75) is 22.5 Å². The summed E-state index contributed by atoms with van der Waals surface area (Å²) in [6.07, 6.45) is 2.26. The molecular formula is C6H10F2INO2S. The lowest BCUT2D eigenvalue weighted by Crippen LogP contribution is -2.42. The van der Waals surface area contributed by atoms with Crippen LogP contribution in [0.3, 0.4) is 0 Å². The van der Waals surface area contributed by atoms with Crippen LogP contribution in [0.15, 0.2) is 0 Å². The Morgan fingerprint density at radius 2 is 1.62 bits per heavy atom. The number of nitrogens with zero attached hydrogens (tertiary/aromatic N) is 1. The van der Waals surface area contributed by atoms with Gasteiger partial charge in [-0.05, 0) is 12.8 Å². The molecule has 7 heteroatoms. The summed E-state index contributed by atoms with van der Waals surface area (Å²) in [6.45, 7) is 0.446. The van der Waals surface area contributed by atoms with Gasteiger partial charge in [-0.25, -0.2) is 8.42 Å². The van der Waals surface area contributed by atoms with E-state index in [1.165, 1.54) is 0 Å². The van der Waals surface area contributed by atoms with Gasteiger partial charge in [-0.15, -0.1) is 0 Å². The molecular weight excluding hydrogens is 315 g/mol. The molecule has 1 heterocycles. The molecule has 1 saturated heterocycles. The van der Waals surface area contributed by atoms with Gasteiger partial charge in [0.2, 0.25) is 0 Å². The van der Waals surface area contributed by atoms with Crippen LogP contribution in [0, 0.1) is 0 Å². The first kappa shape index (κ1) is 11.6. The van der Waals surface area contributed by atoms with E-state index in [9.17, 15) is 17.2 Å². The number of hydrogen-bond acceptors (Lipinski definition) is 2. The summed E-state index contributed by atoms with van der Waals surface area (Å²) in [5, 5.41) is 0. The Morgan fingerprint density at radius 1 is 1.15 bits per heavy atom. The Hall–Kier alpha value is 0.500. The maximum Gasteiger partial charge on any atom is 0.407 e. The second kappa shape index (κ2) is 3.93. The molecule has 0 saturated carbocycles. The molecule has 13 heavy (non-hydrogen) atoms. The first-order valence-corrected chi connectivity index (χ1v) is 6.44. The van der Waals surface area contributed by atoms with E-state index in [4.69, 9.17) is 0 Å². The number of hydrogen-bond donors (Lipinski definition) is 0. The molecule has 3 nitrogen and oxygen atoms in total. The Bertz CT molecular complexity index is 269. The monoisotopic (exact) mass is 325 g/mol. The minimum Gasteiger partial charge on any atom is -0.205 e. The summed E-state index contributed by atoms with van der Waals surface area (Å²) in [4.78, 5) is 0. The largest absolute Gasteiger partial charge is 0.407 e. The highest BCUT2D eigenvalue weighted by molar-refractivity contribution is 14.1. The third kappa shape index (κ3) is 2.50. The lowest BCUT2D eigenvalue weighted by molar-refractivity contribution is 0.196. The molecule has 1 rings (SSSR count). The molecule has 0 N–H and O–H groups in total. The van der Waals surface area contributed by atoms with Crippen LogP contribution in [-0.2, 0) is 10.0 Å². The zero-order valence-electron chi connectivity index (χ0n) is 6.84. The Balaban J connectivity index is 2.80. The highest BCUT2D eigenvalue weighted by Crippen LogP contribution is 2.33. The predicted molar refractivity (Wildman–Crippen MR) is 53.3 cm³/mol. The minimum absolute atomic E-state index is 0.223. The highest BCUT2D eigenvalue weighted by atomic mass is 127. The van der Waals surface area contributed by atoms with E-state index < -0.39 is 13.3 Å². The molecule has 0 aromatic heterocycles. The summed E-state index contributed by atoms with van der Waals surface area (Å²) in [7, 11) is -4.41. The Morgan fingerprint density at radius 3 is 2.00 bits per heavy atom. The number of halogens is 3. The molecule has 0 aliphatic carbocycles. The van der Waals surface area contributed by atoms with Crippen LogP contribution in [0.4, 0.5) is 8.78 Å². The fraction of sp³-hybridized carbons (Fsp3) is 1.00. The van der Waals surface area contributed by atoms with Crippen LogP contribution in [-0.4, -0.2) is 29.1 Å². The summed E-state index contributed by atoms with van der Waals surface area (Å²) in [5.74, 6) is 0. The van der Waals surface area contributed by atoms with Gasteiger partial charge in [0.15, 0.2) is 0 Å². The number of rotatable bonds is 2. The first-order chi connectivity index (χ1) is 5.86. The fourth-order valence-corrected chi connectivity index (χ4v) is 3.12. The number of sulfonamides is 1. The maximum atomic E-state index is 12.6. The number of piperidine rings is 1. The SMILES string of the molecule is O=S(=O)(N1CCCCC1)C(F)(F)I. The van der Waals surface area contributed by atoms with Gasteiger partial charge in [-0.3, -0.25) is 0 Å². The van der Waals surface area contributed by atoms with E-state index in [1.54, 1.807) is 0 Å². The van der Waals surface area contributed by atoms with Gasteiger partial charge in [0.25, 0.3) is 10.0 Å². The van der Waals surface area contributed by atoms with Crippen LogP contribution in [0.5, 0.6) is 0 Å². The molecule has 0 aromatic rings. The molecule has 0 unspecified atom stereocenters. The molecule has 0 bridgehead atoms. The van der Waals surface area contributed by atoms with Gasteiger partial charge >= 0.3 is 3.26 Å². The van der Waals surface area contributed by atoms with Crippen molar-refractivity contribution in [1.29, 1.82) is 0 Å². The summed E-state index contributed by atoms with van der Waals surface area (Å²) in [5.41, 5.74) is 0. The molecule has 0 atom stereocenters. The van der Waals surface area contributed by atoms with Gasteiger partial charge in [0.05, 0.1) is 0 Å². The highest BCUT2D eigenvalue weighted by Gasteiger charge is 2.46. The zero-order valence-corrected chi connectivity index (χ0v) is 9.82. The van der Waals surface area contributed by atoms with E-state index in [-0.39, 0.29) is 13.1 Å². The van der Waals surface area contributed by atoms with Crippen LogP contribution >= 0.6 is 22.6 Å². The van der Waals surface area contributed by atoms with Crippen LogP contribution in [0.25, 0.3) is 0 Å². The predicted octanol–water partition coefficient (Wildman–Crippen LogP) is 1.79. The van der Waals surface area contributed by atoms with Gasteiger partial charge in [0.1, 0.15) is 0 Å². The Labute approximate surface area is 89.7 Å². The van der Waals surface area contributed by atoms with Gasteiger partial charge in [-0.2, -0.15) is 13.1 Å². The van der Waals surface area contributed by atoms with Crippen molar-refractivity contribution in [1.82, 2.24) is 4.31 Å². The smallest absolute Gasteiger partial charge is 0.205 e. The molecule has 1 aliphatic heterocycles. The second-order valence-electron chi connectivity index (χ2n) is 2.91. The van der Waals surface area contributed by atoms with Crippen LogP contribution in [0.1, 0.15) is 19.3 Å². The van der Waals surface area contributed by atoms with Crippen molar-refractivity contribution in [3.8, 4) is 0 Å². The van der Waals surface area contributed by atoms with E-state index in [1.807, 2.05) is 0 Å². The summed E-state index contributed by atoms with van der Waals surface area (Å²) >= 11 is 0.659. The molecule has 78 valence electrons. The quantitative estimate of drug-likeness (QED) is 0.573. The van der Waals surface area contributed by atoms with Crippen molar-refractivity contribution in [2.75, 3.05) is 13.1 Å². The topological polar surface area (TPSA) is 37.4 Å². The van der Waals surface area contributed by atoms with Crippen molar-refractivity contribution in [3.63, 3.8) is 0 Å². The van der Waals surface area contributed by atoms with E-state index in [2.05, 4.69) is 0 Å². The van der Waals surface area contributed by atoms with Gasteiger partial charge in [-0.1, -0.05) is 6.42 Å². The van der Waals surface area contributed by atoms with Crippen molar-refractivity contribution < 1.29 is 17.2 Å². The van der Waals surface area contributed by atoms with E-state index in [0.717, 1.165) is 10.7 Å². The third-order valence-electron chi connectivity index (χ3n) is 1.95. The molecule has 0 aromatic carbocycles. The van der Waals surface area contributed by atoms with Crippen molar-refractivity contribution in [3.05, 3.63) is 0 Å². The lowest BCUT2D eigenvalue weighted by atomic mass is 10.2. The standard InChI is InChI=1S/C6H10F2INO2S/c7-6(8,9)13(11,12)10-4-2-1-3-5-10/h1-5H2. The van der Waals surface area contributed by atoms with Crippen molar-refractivity contribution in [2.24, 2.45) is 0 Å². The van der Waals surface area contributed by atoms with E-state index in [0.29, 0.717) is 35.4 Å². The minimum atomic E-state index is -4.41. The molecule has 1 aliphatic rings. The summed E-state index contributed by atoms with van der Waals surface area (Å²) < 4.78 is 44.8. The molecule has 1 fully saturated rings. The van der Waals surface area contributed by atoms with Crippen LogP contribution in [0.2, 0.25) is 0 Å². The fourth-order valence-electron chi connectivity index (χ4n) is 1.25. The molecule has 0 spiro atoms. The number of alkyl halides is 3. The molecule has 0 amide bonds. The van der Waals surface area contributed by atoms with Crippen molar-refractivity contribution >= 4 is 32.6 Å². The van der Waals surface area contributed by atoms with Gasteiger partial charge < -0.3 is 0 Å². The zero-order chi connectivity index (χ0) is 10.1. The summed E-state index contributed by atoms with van der Waals surface area (Å²) in [6, 6.07) is 0. The average molecular weight is 325 g/mol. The lowest BCUT2D eigenvalue weighted by Gasteiger charge is -2.27. The third-order valence-corrected chi connectivity index (χ3v) is 5.25. The average Bonchev–Trinajstić information content (AvgIpc) is 2.04. The van der Waals surface area contributed by atoms with Crippen LogP contribution < -0.4 is 0 Å². The van der Waals surface area contributed by atoms with Gasteiger partial charge in [0, 0.05) is 35.7 Å². The maximum absolute atomic E-state index is 12.6. The van der Waals surface area contributed by atoms with E-state index >= 15 is 0 Å². The first-order valence-electron chi connectivity index (χ1n) is 3.92. The second-order valence-corrected chi connectivity index (χ2v) is 6.98. The Kier molecular flexibility index (Phi) is 3.50. The molecule has 0 radical (unpaired) electrons.